The predicted octanol–water partition coefficient (Wildman–Crippen LogP) is 3.16. The number of nitrogens with one attached hydrogen (secondary N) is 6. The van der Waals surface area contributed by atoms with Gasteiger partial charge in [-0.2, -0.15) is 0 Å². The number of ketones is 6. The molecule has 0 aliphatic carbocycles. The number of guanidine groups is 2. The van der Waals surface area contributed by atoms with Crippen LogP contribution < -0.4 is 77.8 Å². The monoisotopic (exact) mass is 1630 g/mol. The second kappa shape index (κ2) is 54.7. The first-order chi connectivity index (χ1) is 53.9. The Morgan fingerprint density at radius 3 is 1.49 bits per heavy atom. The van der Waals surface area contributed by atoms with Crippen LogP contribution in [0.3, 0.4) is 0 Å². The first-order valence-electron chi connectivity index (χ1n) is 38.4. The van der Waals surface area contributed by atoms with Crippen molar-refractivity contribution in [1.29, 1.82) is 0 Å². The molecule has 2 aromatic carbocycles. The number of benzene rings is 2. The summed E-state index contributed by atoms with van der Waals surface area (Å²) in [6.07, 6.45) is -1.52. The number of azide groups is 2. The molecule has 0 aliphatic rings. The summed E-state index contributed by atoms with van der Waals surface area (Å²) in [5.41, 5.74) is 64.8. The quantitative estimate of drug-likeness (QED) is 0.00860. The lowest BCUT2D eigenvalue weighted by molar-refractivity contribution is -0.135. The van der Waals surface area contributed by atoms with E-state index < -0.39 is 224 Å². The minimum absolute atomic E-state index is 0.00476. The van der Waals surface area contributed by atoms with Crippen molar-refractivity contribution in [3.63, 3.8) is 0 Å². The number of aliphatic imine (C=N–C) groups is 2. The van der Waals surface area contributed by atoms with Crippen LogP contribution in [-0.4, -0.2) is 180 Å². The van der Waals surface area contributed by atoms with Gasteiger partial charge in [0.1, 0.15) is 11.8 Å². The van der Waals surface area contributed by atoms with Gasteiger partial charge in [-0.3, -0.25) is 77.1 Å². The lowest BCUT2D eigenvalue weighted by atomic mass is 9.85. The molecule has 38 heteroatoms. The normalized spacial score (nSPS) is 14.8. The highest BCUT2D eigenvalue weighted by Gasteiger charge is 2.38. The van der Waals surface area contributed by atoms with Crippen LogP contribution in [0.25, 0.3) is 20.9 Å². The number of carbonyl (C=O) groups is 14. The number of hydrogen-bond donors (Lipinski definition) is 14. The fourth-order valence-corrected chi connectivity index (χ4v) is 14.7. The van der Waals surface area contributed by atoms with E-state index in [4.69, 9.17) is 56.9 Å². The number of nitrogens with zero attached hydrogens (tertiary/aromatic N) is 8. The van der Waals surface area contributed by atoms with E-state index in [-0.39, 0.29) is 99.7 Å². The molecule has 2 aromatic rings. The minimum atomic E-state index is -1.48. The fraction of sp³-hybridized carbons (Fsp3) is 0.632. The molecule has 0 aliphatic heterocycles. The van der Waals surface area contributed by atoms with Crippen LogP contribution in [0, 0.1) is 53.3 Å². The Kier molecular flexibility index (Phi) is 48.0. The number of nitrogens with two attached hydrogens (primary N) is 8. The van der Waals surface area contributed by atoms with E-state index in [0.717, 1.165) is 21.6 Å². The van der Waals surface area contributed by atoms with Gasteiger partial charge < -0.3 is 77.8 Å². The van der Waals surface area contributed by atoms with Crippen LogP contribution in [0.2, 0.25) is 0 Å². The molecule has 0 radical (unpaired) electrons. The Balaban J connectivity index is 2.80. The van der Waals surface area contributed by atoms with E-state index in [1.54, 1.807) is 88.4 Å². The van der Waals surface area contributed by atoms with E-state index in [2.05, 4.69) is 61.9 Å². The zero-order valence-electron chi connectivity index (χ0n) is 66.7. The fourth-order valence-electron chi connectivity index (χ4n) is 12.2. The maximum atomic E-state index is 15.2. The van der Waals surface area contributed by atoms with E-state index >= 15 is 9.59 Å². The lowest BCUT2D eigenvalue weighted by Crippen LogP contribution is -2.52. The third kappa shape index (κ3) is 40.1. The van der Waals surface area contributed by atoms with Gasteiger partial charge in [-0.25, -0.2) is 0 Å². The van der Waals surface area contributed by atoms with Gasteiger partial charge in [-0.05, 0) is 97.2 Å². The Labute approximate surface area is 674 Å². The Morgan fingerprint density at radius 2 is 0.947 bits per heavy atom. The van der Waals surface area contributed by atoms with Gasteiger partial charge in [-0.1, -0.05) is 161 Å². The molecule has 630 valence electrons. The minimum Gasteiger partial charge on any atom is -0.370 e. The largest absolute Gasteiger partial charge is 0.370 e. The standard InChI is InChI=1S/C76H120N22O14S2/c1-9-45(7)54(73(111)89-38-53(99)33-49(23-17-27-87-75(81)82)70(108)94-59(69(80)107)30-44(5)6)37-65(104)60(95-71(109)51(31-47-19-13-11-14-20-47)35-62(101)55(77)39-90-97-85)42-114-113-41-52(36-64(103)58(32-48-21-15-12-16-22-48)93-74(112)56(78)40-91-98-86)72(110)96-67(46(8)10-2)61(100)25-26-66(105)92-57(24-18-28-88-76(83)84)63(102)34-50(68(79)106)29-43(3)4/h11-16,19-22,43-46,49-52,54-60,67H,9-10,17-18,23-42,77-78H2,1-8H3,(H2,79,106)(H2,80,107)(H,89,111)(H,92,105)(H,93,112)(H,94,108)(H,95,109)(H,96,110)(H4,81,82,87)(H4,83,84,88)/t45-,46-,49+,50+,51+,52-,54-,55-,56-,57-,58-,59-,60-,67-/m0/s1. The summed E-state index contributed by atoms with van der Waals surface area (Å²) in [4.78, 5) is 210. The van der Waals surface area contributed by atoms with Crippen LogP contribution in [0.1, 0.15) is 163 Å². The molecule has 0 saturated carbocycles. The molecule has 22 N–H and O–H groups in total. The predicted molar refractivity (Wildman–Crippen MR) is 438 cm³/mol. The molecular weight excluding hydrogens is 1510 g/mol. The second-order valence-corrected chi connectivity index (χ2v) is 32.1. The van der Waals surface area contributed by atoms with E-state index in [1.165, 1.54) is 0 Å². The van der Waals surface area contributed by atoms with Crippen LogP contribution in [0.4, 0.5) is 0 Å². The number of primary amides is 2. The van der Waals surface area contributed by atoms with Crippen molar-refractivity contribution in [3.05, 3.63) is 92.7 Å². The molecule has 36 nitrogen and oxygen atoms in total. The maximum absolute atomic E-state index is 15.2. The van der Waals surface area contributed by atoms with Gasteiger partial charge in [0.2, 0.25) is 47.3 Å². The number of hydrogen-bond acceptors (Lipinski definition) is 22. The van der Waals surface area contributed by atoms with E-state index in [1.807, 2.05) is 27.7 Å². The second-order valence-electron chi connectivity index (χ2n) is 29.5. The average Bonchev–Trinajstić information content (AvgIpc) is 0.848. The SMILES string of the molecule is CC[C@H](C)[C@H](CC(=O)[C@H](CSSC[C@H](CC(=O)[C@H](Cc1ccccc1)NC(=O)[C@@H](N)CN=[N+]=[N-])C(=O)N[C@H](C(=O)CCC(=O)N[C@@H](CCCN=C(N)N)C(=O)C[C@@H](CC(C)C)C(N)=O)[C@@H](C)CC)NC(=O)[C@@H](CC(=O)[C@@H](N)CN=[N+]=[N-])Cc1ccccc1)C(=O)NCC(=O)C[C@@H](CCCN=C(N)N)C(=O)N[C@@H](CC(C)C)C(N)=O. The Hall–Kier alpha value is -10.00. The van der Waals surface area contributed by atoms with Crippen molar-refractivity contribution in [1.82, 2.24) is 31.9 Å². The number of amides is 8. The summed E-state index contributed by atoms with van der Waals surface area (Å²) in [5, 5.41) is 23.1. The smallest absolute Gasteiger partial charge is 0.240 e. The van der Waals surface area contributed by atoms with Gasteiger partial charge in [0.15, 0.2) is 40.8 Å². The van der Waals surface area contributed by atoms with Gasteiger partial charge in [0.05, 0.1) is 48.7 Å². The summed E-state index contributed by atoms with van der Waals surface area (Å²) in [7, 11) is 1.95. The van der Waals surface area contributed by atoms with E-state index in [9.17, 15) is 57.5 Å². The molecule has 8 amide bonds. The summed E-state index contributed by atoms with van der Waals surface area (Å²) in [6, 6.07) is 8.16. The molecule has 2 rings (SSSR count). The molecule has 14 atom stereocenters. The molecule has 0 aromatic heterocycles. The van der Waals surface area contributed by atoms with Gasteiger partial charge >= 0.3 is 0 Å². The van der Waals surface area contributed by atoms with Gasteiger partial charge in [-0.15, -0.1) is 0 Å². The molecule has 0 bridgehead atoms. The van der Waals surface area contributed by atoms with Crippen molar-refractivity contribution in [2.75, 3.05) is 44.2 Å². The maximum Gasteiger partial charge on any atom is 0.240 e. The molecule has 0 fully saturated rings. The molecule has 0 saturated heterocycles. The molecule has 0 unspecified atom stereocenters. The summed E-state index contributed by atoms with van der Waals surface area (Å²) in [5.74, 6) is -17.4. The third-order valence-corrected chi connectivity index (χ3v) is 21.7. The van der Waals surface area contributed by atoms with Gasteiger partial charge in [0.25, 0.3) is 0 Å². The highest BCUT2D eigenvalue weighted by molar-refractivity contribution is 8.76. The summed E-state index contributed by atoms with van der Waals surface area (Å²) < 4.78 is 0. The zero-order chi connectivity index (χ0) is 85.6. The van der Waals surface area contributed by atoms with Crippen molar-refractivity contribution >= 4 is 115 Å². The first-order valence-corrected chi connectivity index (χ1v) is 40.9. The Bertz CT molecular complexity index is 3430. The average molecular weight is 1630 g/mol. The summed E-state index contributed by atoms with van der Waals surface area (Å²) >= 11 is 0. The molecule has 0 spiro atoms. The number of Topliss-reactive ketones (excluding diaryl/α,β-unsaturated/α-hetero) is 6. The molecule has 114 heavy (non-hydrogen) atoms. The van der Waals surface area contributed by atoms with Crippen LogP contribution in [0.15, 0.2) is 80.9 Å². The van der Waals surface area contributed by atoms with Crippen molar-refractivity contribution in [3.8, 4) is 0 Å². The van der Waals surface area contributed by atoms with Crippen LogP contribution in [-0.2, 0) is 80.0 Å². The van der Waals surface area contributed by atoms with Crippen molar-refractivity contribution < 1.29 is 67.1 Å². The highest BCUT2D eigenvalue weighted by atomic mass is 33.1. The topological polar surface area (TPSA) is 642 Å². The van der Waals surface area contributed by atoms with Gasteiger partial charge in [0, 0.05) is 116 Å². The summed E-state index contributed by atoms with van der Waals surface area (Å²) in [6.45, 7) is 13.1. The molecular formula is C76H120N22O14S2. The van der Waals surface area contributed by atoms with Crippen LogP contribution >= 0.6 is 21.6 Å². The highest BCUT2D eigenvalue weighted by Crippen LogP contribution is 2.30. The zero-order valence-corrected chi connectivity index (χ0v) is 68.3. The van der Waals surface area contributed by atoms with Crippen LogP contribution in [0.5, 0.6) is 0 Å². The number of carbonyl (C=O) groups excluding carboxylic acids is 14. The number of rotatable bonds is 61. The van der Waals surface area contributed by atoms with E-state index in [0.29, 0.717) is 30.4 Å². The molecule has 0 heterocycles. The first kappa shape index (κ1) is 100. The van der Waals surface area contributed by atoms with Crippen molar-refractivity contribution in [2.45, 2.75) is 207 Å². The van der Waals surface area contributed by atoms with Crippen molar-refractivity contribution in [2.24, 2.45) is 119 Å². The lowest BCUT2D eigenvalue weighted by Gasteiger charge is -2.27. The Morgan fingerprint density at radius 1 is 0.456 bits per heavy atom. The third-order valence-electron chi connectivity index (χ3n) is 19.2.